The van der Waals surface area contributed by atoms with Crippen LogP contribution in [-0.4, -0.2) is 22.7 Å². The van der Waals surface area contributed by atoms with Gasteiger partial charge in [0.15, 0.2) is 0 Å². The smallest absolute Gasteiger partial charge is 0.335 e. The third kappa shape index (κ3) is 4.91. The molecule has 0 saturated heterocycles. The van der Waals surface area contributed by atoms with Gasteiger partial charge in [0.1, 0.15) is 0 Å². The molecule has 108 valence electrons. The van der Waals surface area contributed by atoms with Gasteiger partial charge in [0.25, 0.3) is 0 Å². The first-order valence-electron chi connectivity index (χ1n) is 6.06. The lowest BCUT2D eigenvalue weighted by molar-refractivity contribution is -0.113. The van der Waals surface area contributed by atoms with E-state index in [1.165, 1.54) is 23.9 Å². The highest BCUT2D eigenvalue weighted by Crippen LogP contribution is 2.20. The Labute approximate surface area is 134 Å². The summed E-state index contributed by atoms with van der Waals surface area (Å²) in [5.41, 5.74) is 0.777. The van der Waals surface area contributed by atoms with Crippen molar-refractivity contribution in [2.24, 2.45) is 0 Å². The molecule has 2 rings (SSSR count). The largest absolute Gasteiger partial charge is 0.478 e. The molecule has 2 aromatic carbocycles. The molecule has 0 heterocycles. The predicted molar refractivity (Wildman–Crippen MR) is 86.9 cm³/mol. The molecule has 0 fully saturated rings. The van der Waals surface area contributed by atoms with Gasteiger partial charge in [-0.2, -0.15) is 0 Å². The number of halogens is 1. The summed E-state index contributed by atoms with van der Waals surface area (Å²) in [5, 5.41) is 11.5. The minimum atomic E-state index is -0.987. The van der Waals surface area contributed by atoms with Gasteiger partial charge in [-0.25, -0.2) is 4.79 Å². The Kier molecular flexibility index (Phi) is 5.41. The summed E-state index contributed by atoms with van der Waals surface area (Å²) in [6, 6.07) is 13.8. The molecule has 2 N–H and O–H groups in total. The fraction of sp³-hybridized carbons (Fsp3) is 0.0667. The monoisotopic (exact) mass is 365 g/mol. The molecule has 21 heavy (non-hydrogen) atoms. The standard InChI is InChI=1S/C15H12BrNO3S/c16-11-3-7-13(8-4-11)21-9-14(18)17-12-5-1-10(2-6-12)15(19)20/h1-8H,9H2,(H,17,18)(H,19,20). The van der Waals surface area contributed by atoms with Crippen molar-refractivity contribution < 1.29 is 14.7 Å². The number of aromatic carboxylic acids is 1. The number of carboxylic acid groups (broad SMARTS) is 1. The van der Waals surface area contributed by atoms with Gasteiger partial charge in [0.2, 0.25) is 5.91 Å². The summed E-state index contributed by atoms with van der Waals surface area (Å²) in [7, 11) is 0. The van der Waals surface area contributed by atoms with Crippen molar-refractivity contribution in [2.75, 3.05) is 11.1 Å². The summed E-state index contributed by atoms with van der Waals surface area (Å²) >= 11 is 4.79. The molecule has 2 aromatic rings. The Morgan fingerprint density at radius 1 is 1.05 bits per heavy atom. The van der Waals surface area contributed by atoms with Gasteiger partial charge < -0.3 is 10.4 Å². The zero-order valence-corrected chi connectivity index (χ0v) is 13.3. The molecule has 4 nitrogen and oxygen atoms in total. The van der Waals surface area contributed by atoms with Crippen LogP contribution in [0.2, 0.25) is 0 Å². The lowest BCUT2D eigenvalue weighted by Gasteiger charge is -2.05. The van der Waals surface area contributed by atoms with E-state index in [0.29, 0.717) is 11.4 Å². The van der Waals surface area contributed by atoms with E-state index in [4.69, 9.17) is 5.11 Å². The van der Waals surface area contributed by atoms with Crippen molar-refractivity contribution >= 4 is 45.3 Å². The zero-order valence-electron chi connectivity index (χ0n) is 10.9. The molecule has 0 aromatic heterocycles. The lowest BCUT2D eigenvalue weighted by Crippen LogP contribution is -2.14. The first kappa shape index (κ1) is 15.6. The van der Waals surface area contributed by atoms with Crippen LogP contribution in [0.1, 0.15) is 10.4 Å². The number of carbonyl (C=O) groups excluding carboxylic acids is 1. The zero-order chi connectivity index (χ0) is 15.2. The van der Waals surface area contributed by atoms with Gasteiger partial charge in [0.05, 0.1) is 11.3 Å². The minimum absolute atomic E-state index is 0.133. The van der Waals surface area contributed by atoms with Gasteiger partial charge in [-0.1, -0.05) is 15.9 Å². The molecule has 0 saturated carbocycles. The van der Waals surface area contributed by atoms with Gasteiger partial charge in [-0.3, -0.25) is 4.79 Å². The maximum Gasteiger partial charge on any atom is 0.335 e. The number of amides is 1. The number of hydrogen-bond acceptors (Lipinski definition) is 3. The van der Waals surface area contributed by atoms with Crippen molar-refractivity contribution in [1.82, 2.24) is 0 Å². The molecular weight excluding hydrogens is 354 g/mol. The second kappa shape index (κ2) is 7.28. The third-order valence-electron chi connectivity index (χ3n) is 2.60. The van der Waals surface area contributed by atoms with Crippen molar-refractivity contribution in [3.05, 3.63) is 58.6 Å². The number of thioether (sulfide) groups is 1. The molecule has 0 atom stereocenters. The van der Waals surface area contributed by atoms with E-state index in [2.05, 4.69) is 21.2 Å². The highest BCUT2D eigenvalue weighted by molar-refractivity contribution is 9.10. The molecule has 6 heteroatoms. The van der Waals surface area contributed by atoms with Gasteiger partial charge >= 0.3 is 5.97 Å². The number of anilines is 1. The summed E-state index contributed by atoms with van der Waals surface area (Å²) in [6.07, 6.45) is 0. The summed E-state index contributed by atoms with van der Waals surface area (Å²) in [5.74, 6) is -0.827. The van der Waals surface area contributed by atoms with Crippen LogP contribution in [0.4, 0.5) is 5.69 Å². The van der Waals surface area contributed by atoms with E-state index in [-0.39, 0.29) is 11.5 Å². The van der Waals surface area contributed by atoms with Gasteiger partial charge in [-0.15, -0.1) is 11.8 Å². The molecule has 0 aliphatic carbocycles. The van der Waals surface area contributed by atoms with Crippen LogP contribution in [0, 0.1) is 0 Å². The van der Waals surface area contributed by atoms with Crippen molar-refractivity contribution in [1.29, 1.82) is 0 Å². The van der Waals surface area contributed by atoms with E-state index in [9.17, 15) is 9.59 Å². The van der Waals surface area contributed by atoms with Crippen LogP contribution in [0.15, 0.2) is 57.9 Å². The average Bonchev–Trinajstić information content (AvgIpc) is 2.47. The number of carboxylic acids is 1. The van der Waals surface area contributed by atoms with Crippen molar-refractivity contribution in [2.45, 2.75) is 4.90 Å². The number of carbonyl (C=O) groups is 2. The van der Waals surface area contributed by atoms with E-state index >= 15 is 0 Å². The quantitative estimate of drug-likeness (QED) is 0.789. The van der Waals surface area contributed by atoms with Crippen molar-refractivity contribution in [3.8, 4) is 0 Å². The fourth-order valence-electron chi connectivity index (χ4n) is 1.57. The van der Waals surface area contributed by atoms with Crippen LogP contribution < -0.4 is 5.32 Å². The second-order valence-corrected chi connectivity index (χ2v) is 6.14. The van der Waals surface area contributed by atoms with E-state index in [0.717, 1.165) is 9.37 Å². The van der Waals surface area contributed by atoms with Crippen LogP contribution >= 0.6 is 27.7 Å². The second-order valence-electron chi connectivity index (χ2n) is 4.17. The number of hydrogen-bond donors (Lipinski definition) is 2. The molecule has 0 aliphatic heterocycles. The van der Waals surface area contributed by atoms with Crippen LogP contribution in [0.5, 0.6) is 0 Å². The number of rotatable bonds is 5. The van der Waals surface area contributed by atoms with Crippen LogP contribution in [0.3, 0.4) is 0 Å². The van der Waals surface area contributed by atoms with Crippen LogP contribution in [-0.2, 0) is 4.79 Å². The Balaban J connectivity index is 1.86. The fourth-order valence-corrected chi connectivity index (χ4v) is 2.54. The van der Waals surface area contributed by atoms with Crippen LogP contribution in [0.25, 0.3) is 0 Å². The minimum Gasteiger partial charge on any atom is -0.478 e. The highest BCUT2D eigenvalue weighted by atomic mass is 79.9. The van der Waals surface area contributed by atoms with E-state index in [1.807, 2.05) is 24.3 Å². The predicted octanol–water partition coefficient (Wildman–Crippen LogP) is 3.88. The summed E-state index contributed by atoms with van der Waals surface area (Å²) in [6.45, 7) is 0. The average molecular weight is 366 g/mol. The number of benzene rings is 2. The first-order valence-corrected chi connectivity index (χ1v) is 7.84. The molecule has 0 aliphatic rings. The molecule has 0 radical (unpaired) electrons. The maximum absolute atomic E-state index is 11.8. The summed E-state index contributed by atoms with van der Waals surface area (Å²) in [4.78, 5) is 23.5. The molecular formula is C15H12BrNO3S. The van der Waals surface area contributed by atoms with Gasteiger partial charge in [0, 0.05) is 15.1 Å². The Hall–Kier alpha value is -1.79. The lowest BCUT2D eigenvalue weighted by atomic mass is 10.2. The Morgan fingerprint density at radius 3 is 2.24 bits per heavy atom. The summed E-state index contributed by atoms with van der Waals surface area (Å²) < 4.78 is 0.995. The molecule has 0 spiro atoms. The highest BCUT2D eigenvalue weighted by Gasteiger charge is 2.05. The topological polar surface area (TPSA) is 66.4 Å². The van der Waals surface area contributed by atoms with E-state index in [1.54, 1.807) is 12.1 Å². The molecule has 0 unspecified atom stereocenters. The maximum atomic E-state index is 11.8. The Bertz CT molecular complexity index is 641. The van der Waals surface area contributed by atoms with Gasteiger partial charge in [-0.05, 0) is 48.5 Å². The Morgan fingerprint density at radius 2 is 1.67 bits per heavy atom. The van der Waals surface area contributed by atoms with Crippen molar-refractivity contribution in [3.63, 3.8) is 0 Å². The SMILES string of the molecule is O=C(CSc1ccc(Br)cc1)Nc1ccc(C(=O)O)cc1. The number of nitrogens with one attached hydrogen (secondary N) is 1. The molecule has 1 amide bonds. The van der Waals surface area contributed by atoms with E-state index < -0.39 is 5.97 Å². The normalized spacial score (nSPS) is 10.1. The molecule has 0 bridgehead atoms. The third-order valence-corrected chi connectivity index (χ3v) is 4.14. The first-order chi connectivity index (χ1) is 10.0.